The van der Waals surface area contributed by atoms with Crippen molar-refractivity contribution in [3.63, 3.8) is 0 Å². The van der Waals surface area contributed by atoms with Crippen LogP contribution in [0.5, 0.6) is 0 Å². The van der Waals surface area contributed by atoms with Gasteiger partial charge in [0.2, 0.25) is 5.91 Å². The molecule has 0 fully saturated rings. The Hall–Kier alpha value is -3.06. The number of rotatable bonds is 4. The van der Waals surface area contributed by atoms with Gasteiger partial charge in [-0.1, -0.05) is 18.2 Å². The zero-order valence-corrected chi connectivity index (χ0v) is 14.1. The Morgan fingerprint density at radius 3 is 2.44 bits per heavy atom. The Bertz CT molecular complexity index is 951. The number of nitrogens with zero attached hydrogens (tertiary/aromatic N) is 1. The minimum atomic E-state index is -0.546. The maximum atomic E-state index is 14.1. The second kappa shape index (κ2) is 6.82. The number of thiazole rings is 1. The SMILES string of the molecule is Cc1nc(C(=O)Nc2ccc(C(N)=O)cc2)c(-c2ccccc2F)s1. The second-order valence-electron chi connectivity index (χ2n) is 5.29. The topological polar surface area (TPSA) is 85.1 Å². The van der Waals surface area contributed by atoms with E-state index in [1.807, 2.05) is 0 Å². The average molecular weight is 355 g/mol. The molecule has 5 nitrogen and oxygen atoms in total. The molecule has 3 aromatic rings. The van der Waals surface area contributed by atoms with Crippen molar-refractivity contribution in [2.75, 3.05) is 5.32 Å². The minimum absolute atomic E-state index is 0.159. The molecule has 126 valence electrons. The van der Waals surface area contributed by atoms with Crippen molar-refractivity contribution in [3.05, 3.63) is 70.6 Å². The van der Waals surface area contributed by atoms with Crippen LogP contribution in [0.1, 0.15) is 25.9 Å². The molecule has 7 heteroatoms. The molecule has 0 radical (unpaired) electrons. The maximum absolute atomic E-state index is 14.1. The van der Waals surface area contributed by atoms with Gasteiger partial charge in [0.1, 0.15) is 11.5 Å². The summed E-state index contributed by atoms with van der Waals surface area (Å²) in [5, 5.41) is 3.36. The number of benzene rings is 2. The molecule has 1 aromatic heterocycles. The number of anilines is 1. The van der Waals surface area contributed by atoms with Gasteiger partial charge in [-0.25, -0.2) is 9.37 Å². The van der Waals surface area contributed by atoms with Crippen molar-refractivity contribution in [1.29, 1.82) is 0 Å². The smallest absolute Gasteiger partial charge is 0.275 e. The Balaban J connectivity index is 1.90. The third-order valence-electron chi connectivity index (χ3n) is 3.49. The molecule has 0 saturated heterocycles. The van der Waals surface area contributed by atoms with Crippen LogP contribution in [-0.2, 0) is 0 Å². The normalized spacial score (nSPS) is 10.5. The van der Waals surface area contributed by atoms with E-state index in [1.165, 1.54) is 29.5 Å². The van der Waals surface area contributed by atoms with Gasteiger partial charge in [-0.2, -0.15) is 0 Å². The monoisotopic (exact) mass is 355 g/mol. The molecule has 0 spiro atoms. The van der Waals surface area contributed by atoms with Gasteiger partial charge in [0.15, 0.2) is 0 Å². The maximum Gasteiger partial charge on any atom is 0.275 e. The van der Waals surface area contributed by atoms with E-state index in [9.17, 15) is 14.0 Å². The van der Waals surface area contributed by atoms with Crippen LogP contribution < -0.4 is 11.1 Å². The number of aryl methyl sites for hydroxylation is 1. The number of aromatic nitrogens is 1. The Kier molecular flexibility index (Phi) is 4.58. The van der Waals surface area contributed by atoms with Crippen LogP contribution in [0.15, 0.2) is 48.5 Å². The molecule has 0 unspecified atom stereocenters. The van der Waals surface area contributed by atoms with E-state index in [0.717, 1.165) is 0 Å². The third-order valence-corrected chi connectivity index (χ3v) is 4.50. The Labute approximate surface area is 147 Å². The summed E-state index contributed by atoms with van der Waals surface area (Å²) >= 11 is 1.25. The van der Waals surface area contributed by atoms with Gasteiger partial charge in [-0.15, -0.1) is 11.3 Å². The summed E-state index contributed by atoms with van der Waals surface area (Å²) in [4.78, 5) is 28.4. The van der Waals surface area contributed by atoms with Crippen LogP contribution in [0, 0.1) is 12.7 Å². The number of primary amides is 1. The molecular formula is C18H14FN3O2S. The highest BCUT2D eigenvalue weighted by Gasteiger charge is 2.20. The van der Waals surface area contributed by atoms with E-state index in [2.05, 4.69) is 10.3 Å². The van der Waals surface area contributed by atoms with Gasteiger partial charge < -0.3 is 11.1 Å². The predicted octanol–water partition coefficient (Wildman–Crippen LogP) is 3.61. The van der Waals surface area contributed by atoms with Crippen LogP contribution in [-0.4, -0.2) is 16.8 Å². The molecule has 2 amide bonds. The fourth-order valence-electron chi connectivity index (χ4n) is 2.32. The highest BCUT2D eigenvalue weighted by Crippen LogP contribution is 2.32. The molecule has 0 aliphatic carbocycles. The van der Waals surface area contributed by atoms with Gasteiger partial charge in [0.25, 0.3) is 5.91 Å². The van der Waals surface area contributed by atoms with Gasteiger partial charge in [-0.05, 0) is 37.3 Å². The first-order valence-electron chi connectivity index (χ1n) is 7.39. The first kappa shape index (κ1) is 16.8. The number of hydrogen-bond acceptors (Lipinski definition) is 4. The zero-order valence-electron chi connectivity index (χ0n) is 13.2. The third kappa shape index (κ3) is 3.56. The Morgan fingerprint density at radius 2 is 1.80 bits per heavy atom. The fraction of sp³-hybridized carbons (Fsp3) is 0.0556. The summed E-state index contributed by atoms with van der Waals surface area (Å²) in [5.74, 6) is -1.41. The number of nitrogens with two attached hydrogens (primary N) is 1. The molecule has 1 heterocycles. The lowest BCUT2D eigenvalue weighted by Crippen LogP contribution is -2.14. The zero-order chi connectivity index (χ0) is 18.0. The number of amides is 2. The van der Waals surface area contributed by atoms with Gasteiger partial charge in [0.05, 0.1) is 9.88 Å². The molecule has 0 bridgehead atoms. The van der Waals surface area contributed by atoms with Crippen molar-refractivity contribution >= 4 is 28.8 Å². The van der Waals surface area contributed by atoms with Crippen LogP contribution in [0.25, 0.3) is 10.4 Å². The van der Waals surface area contributed by atoms with Crippen LogP contribution in [0.4, 0.5) is 10.1 Å². The minimum Gasteiger partial charge on any atom is -0.366 e. The number of nitrogens with one attached hydrogen (secondary N) is 1. The highest BCUT2D eigenvalue weighted by atomic mass is 32.1. The highest BCUT2D eigenvalue weighted by molar-refractivity contribution is 7.15. The lowest BCUT2D eigenvalue weighted by Gasteiger charge is -2.06. The van der Waals surface area contributed by atoms with E-state index in [1.54, 1.807) is 37.3 Å². The Morgan fingerprint density at radius 1 is 1.12 bits per heavy atom. The average Bonchev–Trinajstić information content (AvgIpc) is 2.97. The standard InChI is InChI=1S/C18H14FN3O2S/c1-10-21-15(16(25-10)13-4-2-3-5-14(13)19)18(24)22-12-8-6-11(7-9-12)17(20)23/h2-9H,1H3,(H2,20,23)(H,22,24). The summed E-state index contributed by atoms with van der Waals surface area (Å²) in [6.45, 7) is 1.76. The molecule has 25 heavy (non-hydrogen) atoms. The number of carbonyl (C=O) groups excluding carboxylic acids is 2. The molecule has 0 atom stereocenters. The first-order valence-corrected chi connectivity index (χ1v) is 8.21. The molecule has 2 aromatic carbocycles. The first-order chi connectivity index (χ1) is 12.0. The van der Waals surface area contributed by atoms with Crippen LogP contribution >= 0.6 is 11.3 Å². The lowest BCUT2D eigenvalue weighted by atomic mass is 10.1. The molecule has 0 saturated carbocycles. The van der Waals surface area contributed by atoms with Gasteiger partial charge in [-0.3, -0.25) is 9.59 Å². The van der Waals surface area contributed by atoms with Crippen molar-refractivity contribution in [2.45, 2.75) is 6.92 Å². The second-order valence-corrected chi connectivity index (χ2v) is 6.49. The van der Waals surface area contributed by atoms with Crippen molar-refractivity contribution in [1.82, 2.24) is 4.98 Å². The summed E-state index contributed by atoms with van der Waals surface area (Å²) in [6, 6.07) is 12.4. The molecule has 0 aliphatic heterocycles. The summed E-state index contributed by atoms with van der Waals surface area (Å²) in [5.41, 5.74) is 6.51. The summed E-state index contributed by atoms with van der Waals surface area (Å²) < 4.78 is 14.1. The quantitative estimate of drug-likeness (QED) is 0.750. The van der Waals surface area contributed by atoms with Crippen molar-refractivity contribution in [2.24, 2.45) is 5.73 Å². The predicted molar refractivity (Wildman–Crippen MR) is 95.2 cm³/mol. The van der Waals surface area contributed by atoms with Crippen molar-refractivity contribution in [3.8, 4) is 10.4 Å². The summed E-state index contributed by atoms with van der Waals surface area (Å²) in [6.07, 6.45) is 0. The van der Waals surface area contributed by atoms with E-state index < -0.39 is 17.6 Å². The molecule has 0 aliphatic rings. The largest absolute Gasteiger partial charge is 0.366 e. The molecular weight excluding hydrogens is 341 g/mol. The molecule has 3 N–H and O–H groups in total. The van der Waals surface area contributed by atoms with Crippen LogP contribution in [0.3, 0.4) is 0 Å². The number of carbonyl (C=O) groups is 2. The fourth-order valence-corrected chi connectivity index (χ4v) is 3.26. The lowest BCUT2D eigenvalue weighted by molar-refractivity contribution is 0.0998. The number of halogens is 1. The van der Waals surface area contributed by atoms with E-state index in [4.69, 9.17) is 5.73 Å². The number of hydrogen-bond donors (Lipinski definition) is 2. The van der Waals surface area contributed by atoms with Gasteiger partial charge in [0, 0.05) is 16.8 Å². The van der Waals surface area contributed by atoms with Crippen LogP contribution in [0.2, 0.25) is 0 Å². The van der Waals surface area contributed by atoms with E-state index >= 15 is 0 Å². The van der Waals surface area contributed by atoms with Gasteiger partial charge >= 0.3 is 0 Å². The van der Waals surface area contributed by atoms with E-state index in [0.29, 0.717) is 26.7 Å². The molecule has 3 rings (SSSR count). The van der Waals surface area contributed by atoms with Crippen molar-refractivity contribution < 1.29 is 14.0 Å². The summed E-state index contributed by atoms with van der Waals surface area (Å²) in [7, 11) is 0. The van der Waals surface area contributed by atoms with E-state index in [-0.39, 0.29) is 5.69 Å².